The maximum atomic E-state index is 12.5. The standard InChI is InChI=1S/C16H20N4O2S/c1-11-14(23-10-19-11)4-5-16(22)20-6-2-3-12(8-20)13-7-15(21)18-9-17-13/h7,9-10,12H,2-6,8H2,1H3,(H,17,18,21)/t12-/m1/s1. The van der Waals surface area contributed by atoms with Crippen LogP contribution >= 0.6 is 11.3 Å². The Morgan fingerprint density at radius 3 is 3.09 bits per heavy atom. The maximum Gasteiger partial charge on any atom is 0.250 e. The van der Waals surface area contributed by atoms with E-state index in [-0.39, 0.29) is 17.4 Å². The van der Waals surface area contributed by atoms with Gasteiger partial charge in [-0.1, -0.05) is 0 Å². The number of rotatable bonds is 4. The number of carbonyl (C=O) groups excluding carboxylic acids is 1. The van der Waals surface area contributed by atoms with Crippen LogP contribution < -0.4 is 5.56 Å². The Kier molecular flexibility index (Phi) is 4.85. The molecule has 6 nitrogen and oxygen atoms in total. The highest BCUT2D eigenvalue weighted by Crippen LogP contribution is 2.25. The molecule has 1 N–H and O–H groups in total. The summed E-state index contributed by atoms with van der Waals surface area (Å²) >= 11 is 1.61. The van der Waals surface area contributed by atoms with Crippen LogP contribution in [0.4, 0.5) is 0 Å². The van der Waals surface area contributed by atoms with Gasteiger partial charge >= 0.3 is 0 Å². The molecule has 1 saturated heterocycles. The Hall–Kier alpha value is -2.02. The van der Waals surface area contributed by atoms with E-state index < -0.39 is 0 Å². The van der Waals surface area contributed by atoms with Crippen molar-refractivity contribution in [2.45, 2.75) is 38.5 Å². The molecular formula is C16H20N4O2S. The van der Waals surface area contributed by atoms with E-state index in [1.165, 1.54) is 11.2 Å². The van der Waals surface area contributed by atoms with Crippen LogP contribution in [0.2, 0.25) is 0 Å². The molecule has 0 spiro atoms. The fourth-order valence-electron chi connectivity index (χ4n) is 3.00. The van der Waals surface area contributed by atoms with Gasteiger partial charge in [-0.3, -0.25) is 9.59 Å². The van der Waals surface area contributed by atoms with Crippen molar-refractivity contribution in [3.63, 3.8) is 0 Å². The number of hydrogen-bond donors (Lipinski definition) is 1. The summed E-state index contributed by atoms with van der Waals surface area (Å²) in [6, 6.07) is 1.54. The van der Waals surface area contributed by atoms with Gasteiger partial charge in [-0.25, -0.2) is 9.97 Å². The van der Waals surface area contributed by atoms with Crippen LogP contribution in [0.25, 0.3) is 0 Å². The van der Waals surface area contributed by atoms with Crippen molar-refractivity contribution in [3.8, 4) is 0 Å². The van der Waals surface area contributed by atoms with E-state index in [4.69, 9.17) is 0 Å². The number of likely N-dealkylation sites (tertiary alicyclic amines) is 1. The molecule has 1 atom stereocenters. The highest BCUT2D eigenvalue weighted by Gasteiger charge is 2.25. The number of nitrogens with zero attached hydrogens (tertiary/aromatic N) is 3. The maximum absolute atomic E-state index is 12.5. The summed E-state index contributed by atoms with van der Waals surface area (Å²) in [6.07, 6.45) is 4.61. The third kappa shape index (κ3) is 3.85. The second-order valence-corrected chi connectivity index (χ2v) is 6.82. The summed E-state index contributed by atoms with van der Waals surface area (Å²) in [7, 11) is 0. The van der Waals surface area contributed by atoms with Crippen LogP contribution in [0.5, 0.6) is 0 Å². The third-order valence-electron chi connectivity index (χ3n) is 4.30. The van der Waals surface area contributed by atoms with Crippen molar-refractivity contribution in [1.29, 1.82) is 0 Å². The fraction of sp³-hybridized carbons (Fsp3) is 0.500. The van der Waals surface area contributed by atoms with Gasteiger partial charge in [0.2, 0.25) is 5.91 Å². The molecule has 1 amide bonds. The first-order chi connectivity index (χ1) is 11.1. The minimum Gasteiger partial charge on any atom is -0.342 e. The molecule has 0 radical (unpaired) electrons. The average molecular weight is 332 g/mol. The molecule has 2 aromatic rings. The Morgan fingerprint density at radius 1 is 1.48 bits per heavy atom. The number of aryl methyl sites for hydroxylation is 2. The van der Waals surface area contributed by atoms with E-state index >= 15 is 0 Å². The molecule has 23 heavy (non-hydrogen) atoms. The Balaban J connectivity index is 1.60. The molecule has 1 fully saturated rings. The molecule has 0 aromatic carbocycles. The minimum atomic E-state index is -0.140. The van der Waals surface area contributed by atoms with Crippen molar-refractivity contribution in [2.24, 2.45) is 0 Å². The normalized spacial score (nSPS) is 18.1. The van der Waals surface area contributed by atoms with E-state index in [2.05, 4.69) is 15.0 Å². The van der Waals surface area contributed by atoms with Crippen molar-refractivity contribution >= 4 is 17.2 Å². The molecule has 1 aliphatic rings. The first kappa shape index (κ1) is 15.9. The van der Waals surface area contributed by atoms with Crippen molar-refractivity contribution in [2.75, 3.05) is 13.1 Å². The van der Waals surface area contributed by atoms with Crippen LogP contribution in [-0.4, -0.2) is 38.8 Å². The topological polar surface area (TPSA) is 79.0 Å². The largest absolute Gasteiger partial charge is 0.342 e. The van der Waals surface area contributed by atoms with Crippen LogP contribution in [0.15, 0.2) is 22.7 Å². The Morgan fingerprint density at radius 2 is 2.35 bits per heavy atom. The molecular weight excluding hydrogens is 312 g/mol. The zero-order chi connectivity index (χ0) is 16.2. The number of thiazole rings is 1. The number of aromatic nitrogens is 3. The first-order valence-corrected chi connectivity index (χ1v) is 8.73. The van der Waals surface area contributed by atoms with Gasteiger partial charge in [0.15, 0.2) is 0 Å². The van der Waals surface area contributed by atoms with Crippen LogP contribution in [0.3, 0.4) is 0 Å². The number of aromatic amines is 1. The average Bonchev–Trinajstić information content (AvgIpc) is 2.98. The van der Waals surface area contributed by atoms with Gasteiger partial charge in [-0.2, -0.15) is 0 Å². The molecule has 0 saturated carbocycles. The van der Waals surface area contributed by atoms with Gasteiger partial charge in [0.25, 0.3) is 5.56 Å². The van der Waals surface area contributed by atoms with E-state index in [1.54, 1.807) is 17.4 Å². The summed E-state index contributed by atoms with van der Waals surface area (Å²) in [5.74, 6) is 0.326. The fourth-order valence-corrected chi connectivity index (χ4v) is 3.78. The third-order valence-corrected chi connectivity index (χ3v) is 5.30. The zero-order valence-electron chi connectivity index (χ0n) is 13.1. The number of hydrogen-bond acceptors (Lipinski definition) is 5. The lowest BCUT2D eigenvalue weighted by Crippen LogP contribution is -2.39. The van der Waals surface area contributed by atoms with Gasteiger partial charge in [-0.05, 0) is 26.2 Å². The second kappa shape index (κ2) is 7.04. The van der Waals surface area contributed by atoms with Crippen LogP contribution in [0.1, 0.15) is 41.4 Å². The van der Waals surface area contributed by atoms with Crippen LogP contribution in [0, 0.1) is 6.92 Å². The number of piperidine rings is 1. The SMILES string of the molecule is Cc1ncsc1CCC(=O)N1CCC[C@@H](c2cc(=O)[nH]cn2)C1. The molecule has 2 aromatic heterocycles. The molecule has 0 unspecified atom stereocenters. The highest BCUT2D eigenvalue weighted by atomic mass is 32.1. The predicted molar refractivity (Wildman–Crippen MR) is 88.6 cm³/mol. The lowest BCUT2D eigenvalue weighted by Gasteiger charge is -2.32. The van der Waals surface area contributed by atoms with Crippen molar-refractivity contribution < 1.29 is 4.79 Å². The minimum absolute atomic E-state index is 0.140. The van der Waals surface area contributed by atoms with Gasteiger partial charge in [0.05, 0.1) is 23.2 Å². The summed E-state index contributed by atoms with van der Waals surface area (Å²) < 4.78 is 0. The zero-order valence-corrected chi connectivity index (χ0v) is 13.9. The molecule has 3 heterocycles. The monoisotopic (exact) mass is 332 g/mol. The van der Waals surface area contributed by atoms with Crippen molar-refractivity contribution in [1.82, 2.24) is 19.9 Å². The summed E-state index contributed by atoms with van der Waals surface area (Å²) in [4.78, 5) is 38.0. The smallest absolute Gasteiger partial charge is 0.250 e. The number of amides is 1. The summed E-state index contributed by atoms with van der Waals surface area (Å²) in [6.45, 7) is 3.42. The Bertz CT molecular complexity index is 739. The van der Waals surface area contributed by atoms with E-state index in [0.717, 1.165) is 37.2 Å². The van der Waals surface area contributed by atoms with E-state index in [1.807, 2.05) is 17.3 Å². The number of H-pyrrole nitrogens is 1. The molecule has 3 rings (SSSR count). The molecule has 0 bridgehead atoms. The predicted octanol–water partition coefficient (Wildman–Crippen LogP) is 1.87. The summed E-state index contributed by atoms with van der Waals surface area (Å²) in [5, 5.41) is 0. The van der Waals surface area contributed by atoms with Crippen molar-refractivity contribution in [3.05, 3.63) is 44.5 Å². The van der Waals surface area contributed by atoms with E-state index in [9.17, 15) is 9.59 Å². The van der Waals surface area contributed by atoms with Crippen LogP contribution in [-0.2, 0) is 11.2 Å². The molecule has 1 aliphatic heterocycles. The quantitative estimate of drug-likeness (QED) is 0.927. The first-order valence-electron chi connectivity index (χ1n) is 7.85. The molecule has 0 aliphatic carbocycles. The molecule has 7 heteroatoms. The van der Waals surface area contributed by atoms with Gasteiger partial charge in [-0.15, -0.1) is 11.3 Å². The van der Waals surface area contributed by atoms with E-state index in [0.29, 0.717) is 13.0 Å². The number of nitrogens with one attached hydrogen (secondary N) is 1. The Labute approximate surface area is 138 Å². The number of carbonyl (C=O) groups is 1. The highest BCUT2D eigenvalue weighted by molar-refractivity contribution is 7.09. The molecule has 122 valence electrons. The second-order valence-electron chi connectivity index (χ2n) is 5.88. The van der Waals surface area contributed by atoms with Gasteiger partial charge < -0.3 is 9.88 Å². The lowest BCUT2D eigenvalue weighted by atomic mass is 9.94. The van der Waals surface area contributed by atoms with Gasteiger partial charge in [0, 0.05) is 36.4 Å². The lowest BCUT2D eigenvalue weighted by molar-refractivity contribution is -0.132. The van der Waals surface area contributed by atoms with Gasteiger partial charge in [0.1, 0.15) is 0 Å². The summed E-state index contributed by atoms with van der Waals surface area (Å²) in [5.41, 5.74) is 3.49.